The Morgan fingerprint density at radius 1 is 1.12 bits per heavy atom. The minimum absolute atomic E-state index is 0.147. The molecule has 0 saturated heterocycles. The van der Waals surface area contributed by atoms with Gasteiger partial charge in [-0.25, -0.2) is 13.2 Å². The highest BCUT2D eigenvalue weighted by molar-refractivity contribution is 7.92. The van der Waals surface area contributed by atoms with Gasteiger partial charge in [-0.2, -0.15) is 0 Å². The first kappa shape index (κ1) is 18.0. The molecule has 128 valence electrons. The van der Waals surface area contributed by atoms with Gasteiger partial charge in [0.05, 0.1) is 23.3 Å². The highest BCUT2D eigenvalue weighted by Gasteiger charge is 2.19. The first-order valence-electron chi connectivity index (χ1n) is 7.69. The van der Waals surface area contributed by atoms with Gasteiger partial charge in [0.15, 0.2) is 0 Å². The molecular formula is C18H21NO4S. The number of sulfonamides is 1. The molecule has 2 aromatic carbocycles. The second-order valence-electron chi connectivity index (χ2n) is 5.52. The number of para-hydroxylation sites is 1. The summed E-state index contributed by atoms with van der Waals surface area (Å²) in [6.07, 6.45) is 0.983. The van der Waals surface area contributed by atoms with Crippen molar-refractivity contribution in [3.8, 4) is 0 Å². The standard InChI is InChI=1S/C18H21NO4S/c1-4-13(2)14-9-11-15(12-10-14)24(21,22)19-17-8-6-5-7-16(17)18(20)23-3/h5-13,19H,4H2,1-3H3/t13-/m0/s1. The lowest BCUT2D eigenvalue weighted by molar-refractivity contribution is 0.0602. The van der Waals surface area contributed by atoms with E-state index in [0.717, 1.165) is 12.0 Å². The number of ether oxygens (including phenoxy) is 1. The SMILES string of the molecule is CC[C@H](C)c1ccc(S(=O)(=O)Nc2ccccc2C(=O)OC)cc1. The second kappa shape index (κ2) is 7.49. The van der Waals surface area contributed by atoms with Crippen molar-refractivity contribution in [3.63, 3.8) is 0 Å². The maximum absolute atomic E-state index is 12.6. The van der Waals surface area contributed by atoms with Gasteiger partial charge in [-0.15, -0.1) is 0 Å². The summed E-state index contributed by atoms with van der Waals surface area (Å²) in [5.74, 6) is -0.227. The molecule has 2 rings (SSSR count). The molecule has 0 bridgehead atoms. The summed E-state index contributed by atoms with van der Waals surface area (Å²) < 4.78 is 32.2. The molecule has 0 spiro atoms. The van der Waals surface area contributed by atoms with E-state index in [4.69, 9.17) is 0 Å². The average Bonchev–Trinajstić information content (AvgIpc) is 2.60. The van der Waals surface area contributed by atoms with Gasteiger partial charge in [0.25, 0.3) is 10.0 Å². The first-order chi connectivity index (χ1) is 11.4. The van der Waals surface area contributed by atoms with Crippen LogP contribution in [0, 0.1) is 0 Å². The van der Waals surface area contributed by atoms with E-state index in [1.54, 1.807) is 24.3 Å². The van der Waals surface area contributed by atoms with Crippen LogP contribution in [0.2, 0.25) is 0 Å². The van der Waals surface area contributed by atoms with E-state index in [1.165, 1.54) is 19.2 Å². The van der Waals surface area contributed by atoms with E-state index in [-0.39, 0.29) is 16.1 Å². The van der Waals surface area contributed by atoms with Gasteiger partial charge >= 0.3 is 5.97 Å². The van der Waals surface area contributed by atoms with E-state index in [1.807, 2.05) is 12.1 Å². The van der Waals surface area contributed by atoms with E-state index in [9.17, 15) is 13.2 Å². The van der Waals surface area contributed by atoms with Gasteiger partial charge in [0.1, 0.15) is 0 Å². The summed E-state index contributed by atoms with van der Waals surface area (Å²) in [6.45, 7) is 4.18. The zero-order chi connectivity index (χ0) is 17.7. The Hall–Kier alpha value is -2.34. The number of carbonyl (C=O) groups is 1. The minimum atomic E-state index is -3.78. The van der Waals surface area contributed by atoms with Crippen LogP contribution in [0.4, 0.5) is 5.69 Å². The van der Waals surface area contributed by atoms with Crippen molar-refractivity contribution in [1.82, 2.24) is 0 Å². The van der Waals surface area contributed by atoms with Crippen molar-refractivity contribution in [1.29, 1.82) is 0 Å². The second-order valence-corrected chi connectivity index (χ2v) is 7.20. The van der Waals surface area contributed by atoms with Gasteiger partial charge in [-0.3, -0.25) is 4.72 Å². The molecule has 0 heterocycles. The van der Waals surface area contributed by atoms with E-state index >= 15 is 0 Å². The van der Waals surface area contributed by atoms with Crippen molar-refractivity contribution >= 4 is 21.7 Å². The van der Waals surface area contributed by atoms with Crippen molar-refractivity contribution in [2.45, 2.75) is 31.1 Å². The highest BCUT2D eigenvalue weighted by Crippen LogP contribution is 2.23. The Labute approximate surface area is 142 Å². The lowest BCUT2D eigenvalue weighted by Gasteiger charge is -2.13. The molecule has 5 nitrogen and oxygen atoms in total. The lowest BCUT2D eigenvalue weighted by Crippen LogP contribution is -2.16. The maximum atomic E-state index is 12.6. The fourth-order valence-corrected chi connectivity index (χ4v) is 3.35. The number of methoxy groups -OCH3 is 1. The zero-order valence-electron chi connectivity index (χ0n) is 13.9. The summed E-state index contributed by atoms with van der Waals surface area (Å²) in [6, 6.07) is 13.1. The van der Waals surface area contributed by atoms with Crippen LogP contribution in [0.25, 0.3) is 0 Å². The number of benzene rings is 2. The minimum Gasteiger partial charge on any atom is -0.465 e. The van der Waals surface area contributed by atoms with Crippen LogP contribution in [-0.4, -0.2) is 21.5 Å². The molecule has 1 atom stereocenters. The third-order valence-corrected chi connectivity index (χ3v) is 5.33. The normalized spacial score (nSPS) is 12.5. The maximum Gasteiger partial charge on any atom is 0.339 e. The Morgan fingerprint density at radius 3 is 2.33 bits per heavy atom. The Balaban J connectivity index is 2.31. The lowest BCUT2D eigenvalue weighted by atomic mass is 9.99. The summed E-state index contributed by atoms with van der Waals surface area (Å²) >= 11 is 0. The molecule has 0 aromatic heterocycles. The summed E-state index contributed by atoms with van der Waals surface area (Å²) in [5, 5.41) is 0. The predicted octanol–water partition coefficient (Wildman–Crippen LogP) is 3.79. The predicted molar refractivity (Wildman–Crippen MR) is 93.7 cm³/mol. The van der Waals surface area contributed by atoms with Crippen molar-refractivity contribution in [3.05, 3.63) is 59.7 Å². The van der Waals surface area contributed by atoms with Gasteiger partial charge in [-0.1, -0.05) is 38.1 Å². The molecule has 6 heteroatoms. The molecule has 0 amide bonds. The van der Waals surface area contributed by atoms with Gasteiger partial charge in [0.2, 0.25) is 0 Å². The Kier molecular flexibility index (Phi) is 5.62. The number of esters is 1. The molecule has 2 aromatic rings. The number of carbonyl (C=O) groups excluding carboxylic acids is 1. The van der Waals surface area contributed by atoms with E-state index in [2.05, 4.69) is 23.3 Å². The summed E-state index contributed by atoms with van der Waals surface area (Å²) in [5.41, 5.74) is 1.45. The highest BCUT2D eigenvalue weighted by atomic mass is 32.2. The van der Waals surface area contributed by atoms with Crippen molar-refractivity contribution in [2.75, 3.05) is 11.8 Å². The summed E-state index contributed by atoms with van der Waals surface area (Å²) in [7, 11) is -2.53. The number of nitrogens with one attached hydrogen (secondary N) is 1. The largest absolute Gasteiger partial charge is 0.465 e. The van der Waals surface area contributed by atoms with Crippen LogP contribution in [0.15, 0.2) is 53.4 Å². The molecule has 0 fully saturated rings. The number of anilines is 1. The van der Waals surface area contributed by atoms with Crippen molar-refractivity contribution in [2.24, 2.45) is 0 Å². The van der Waals surface area contributed by atoms with Gasteiger partial charge in [-0.05, 0) is 42.2 Å². The molecule has 24 heavy (non-hydrogen) atoms. The molecule has 0 aliphatic carbocycles. The topological polar surface area (TPSA) is 72.5 Å². The quantitative estimate of drug-likeness (QED) is 0.807. The average molecular weight is 347 g/mol. The summed E-state index contributed by atoms with van der Waals surface area (Å²) in [4.78, 5) is 11.9. The molecule has 1 N–H and O–H groups in total. The molecule has 0 aliphatic heterocycles. The fraction of sp³-hybridized carbons (Fsp3) is 0.278. The van der Waals surface area contributed by atoms with Crippen LogP contribution >= 0.6 is 0 Å². The number of hydrogen-bond acceptors (Lipinski definition) is 4. The molecule has 0 aliphatic rings. The van der Waals surface area contributed by atoms with Gasteiger partial charge in [0, 0.05) is 0 Å². The fourth-order valence-electron chi connectivity index (χ4n) is 2.27. The third kappa shape index (κ3) is 3.94. The molecule has 0 radical (unpaired) electrons. The zero-order valence-corrected chi connectivity index (χ0v) is 14.8. The first-order valence-corrected chi connectivity index (χ1v) is 9.17. The van der Waals surface area contributed by atoms with Crippen LogP contribution in [0.1, 0.15) is 42.1 Å². The third-order valence-electron chi connectivity index (χ3n) is 3.95. The molecular weight excluding hydrogens is 326 g/mol. The van der Waals surface area contributed by atoms with E-state index < -0.39 is 16.0 Å². The molecule has 0 saturated carbocycles. The monoisotopic (exact) mass is 347 g/mol. The Morgan fingerprint density at radius 2 is 1.75 bits per heavy atom. The smallest absolute Gasteiger partial charge is 0.339 e. The Bertz CT molecular complexity index is 813. The van der Waals surface area contributed by atoms with Crippen LogP contribution in [0.3, 0.4) is 0 Å². The van der Waals surface area contributed by atoms with Crippen molar-refractivity contribution < 1.29 is 17.9 Å². The van der Waals surface area contributed by atoms with Gasteiger partial charge < -0.3 is 4.74 Å². The van der Waals surface area contributed by atoms with Crippen LogP contribution < -0.4 is 4.72 Å². The molecule has 0 unspecified atom stereocenters. The number of rotatable bonds is 6. The van der Waals surface area contributed by atoms with Crippen LogP contribution in [0.5, 0.6) is 0 Å². The number of hydrogen-bond donors (Lipinski definition) is 1. The van der Waals surface area contributed by atoms with E-state index in [0.29, 0.717) is 5.92 Å². The van der Waals surface area contributed by atoms with Crippen LogP contribution in [-0.2, 0) is 14.8 Å².